The van der Waals surface area contributed by atoms with Gasteiger partial charge in [-0.3, -0.25) is 0 Å². The van der Waals surface area contributed by atoms with Gasteiger partial charge < -0.3 is 15.5 Å². The Morgan fingerprint density at radius 1 is 1.33 bits per heavy atom. The minimum absolute atomic E-state index is 0.0767. The van der Waals surface area contributed by atoms with E-state index in [4.69, 9.17) is 10.2 Å². The lowest BCUT2D eigenvalue weighted by Gasteiger charge is -2.08. The maximum absolute atomic E-state index is 12.7. The van der Waals surface area contributed by atoms with E-state index in [-0.39, 0.29) is 12.2 Å². The van der Waals surface area contributed by atoms with Crippen LogP contribution >= 0.6 is 0 Å². The number of hydrogen-bond donors (Lipinski definition) is 3. The Hall–Kier alpha value is -1.69. The summed E-state index contributed by atoms with van der Waals surface area (Å²) in [7, 11) is 0. The van der Waals surface area contributed by atoms with Gasteiger partial charge in [0.1, 0.15) is 11.6 Å². The summed E-state index contributed by atoms with van der Waals surface area (Å²) in [5, 5.41) is 19.6. The molecule has 1 unspecified atom stereocenters. The highest BCUT2D eigenvalue weighted by Gasteiger charge is 2.12. The summed E-state index contributed by atoms with van der Waals surface area (Å²) in [6.45, 7) is -0.321. The molecule has 1 atom stereocenters. The van der Waals surface area contributed by atoms with E-state index in [9.17, 15) is 13.6 Å². The fourth-order valence-electron chi connectivity index (χ4n) is 0.958. The smallest absolute Gasteiger partial charge is 0.334 e. The third-order valence-corrected chi connectivity index (χ3v) is 1.65. The first-order valence-corrected chi connectivity index (χ1v) is 4.10. The Kier molecular flexibility index (Phi) is 3.56. The van der Waals surface area contributed by atoms with Crippen molar-refractivity contribution in [3.8, 4) is 0 Å². The molecule has 0 aliphatic rings. The summed E-state index contributed by atoms with van der Waals surface area (Å²) in [4.78, 5) is 10.2. The van der Waals surface area contributed by atoms with E-state index in [0.29, 0.717) is 6.07 Å². The van der Waals surface area contributed by atoms with E-state index < -0.39 is 23.7 Å². The topological polar surface area (TPSA) is 69.6 Å². The number of carboxylic acid groups (broad SMARTS) is 1. The number of carboxylic acids is 1. The number of carbonyl (C=O) groups is 1. The lowest BCUT2D eigenvalue weighted by Crippen LogP contribution is -2.28. The van der Waals surface area contributed by atoms with Crippen LogP contribution in [0.4, 0.5) is 14.5 Å². The third kappa shape index (κ3) is 3.51. The van der Waals surface area contributed by atoms with Crippen molar-refractivity contribution in [2.24, 2.45) is 0 Å². The highest BCUT2D eigenvalue weighted by molar-refractivity contribution is 5.72. The van der Waals surface area contributed by atoms with Crippen LogP contribution in [0, 0.1) is 11.6 Å². The summed E-state index contributed by atoms with van der Waals surface area (Å²) >= 11 is 0. The molecule has 0 radical (unpaired) electrons. The molecule has 0 heterocycles. The van der Waals surface area contributed by atoms with E-state index in [2.05, 4.69) is 5.32 Å². The van der Waals surface area contributed by atoms with Gasteiger partial charge in [0.25, 0.3) is 0 Å². The number of aliphatic carboxylic acids is 1. The van der Waals surface area contributed by atoms with Crippen molar-refractivity contribution in [1.82, 2.24) is 0 Å². The lowest BCUT2D eigenvalue weighted by atomic mass is 10.3. The molecule has 4 nitrogen and oxygen atoms in total. The van der Waals surface area contributed by atoms with Crippen molar-refractivity contribution in [2.75, 3.05) is 11.9 Å². The first-order chi connectivity index (χ1) is 6.99. The van der Waals surface area contributed by atoms with Gasteiger partial charge in [-0.1, -0.05) is 0 Å². The predicted octanol–water partition coefficient (Wildman–Crippen LogP) is 0.822. The van der Waals surface area contributed by atoms with Crippen LogP contribution in [0.1, 0.15) is 0 Å². The second kappa shape index (κ2) is 4.70. The highest BCUT2D eigenvalue weighted by atomic mass is 19.1. The molecule has 0 amide bonds. The van der Waals surface area contributed by atoms with Crippen molar-refractivity contribution >= 4 is 11.7 Å². The van der Waals surface area contributed by atoms with Gasteiger partial charge >= 0.3 is 5.97 Å². The molecular weight excluding hydrogens is 208 g/mol. The van der Waals surface area contributed by atoms with Crippen molar-refractivity contribution in [3.05, 3.63) is 29.8 Å². The van der Waals surface area contributed by atoms with Gasteiger partial charge in [-0.05, 0) is 12.1 Å². The quantitative estimate of drug-likeness (QED) is 0.698. The fourth-order valence-corrected chi connectivity index (χ4v) is 0.958. The Balaban J connectivity index is 2.61. The van der Waals surface area contributed by atoms with Crippen LogP contribution in [0.5, 0.6) is 0 Å². The fraction of sp³-hybridized carbons (Fsp3) is 0.222. The Bertz CT molecular complexity index is 350. The minimum atomic E-state index is -1.61. The van der Waals surface area contributed by atoms with Crippen LogP contribution in [0.15, 0.2) is 18.2 Å². The number of halogens is 2. The monoisotopic (exact) mass is 217 g/mol. The molecule has 0 saturated heterocycles. The Labute approximate surface area is 84.2 Å². The molecule has 0 aliphatic heterocycles. The molecule has 1 aromatic carbocycles. The third-order valence-electron chi connectivity index (χ3n) is 1.65. The van der Waals surface area contributed by atoms with Gasteiger partial charge in [0.15, 0.2) is 6.10 Å². The molecule has 0 saturated carbocycles. The molecule has 0 aromatic heterocycles. The highest BCUT2D eigenvalue weighted by Crippen LogP contribution is 2.12. The van der Waals surface area contributed by atoms with Gasteiger partial charge in [-0.15, -0.1) is 0 Å². The number of rotatable bonds is 4. The number of aliphatic hydroxyl groups is 1. The molecule has 1 aromatic rings. The zero-order valence-electron chi connectivity index (χ0n) is 7.58. The Morgan fingerprint density at radius 2 is 1.87 bits per heavy atom. The molecule has 1 rings (SSSR count). The molecule has 82 valence electrons. The molecule has 0 bridgehead atoms. The SMILES string of the molecule is O=C(O)C(O)CNc1cc(F)cc(F)c1. The normalized spacial score (nSPS) is 12.2. The second-order valence-electron chi connectivity index (χ2n) is 2.89. The zero-order valence-corrected chi connectivity index (χ0v) is 7.58. The number of anilines is 1. The lowest BCUT2D eigenvalue weighted by molar-refractivity contribution is -0.145. The second-order valence-corrected chi connectivity index (χ2v) is 2.89. The first-order valence-electron chi connectivity index (χ1n) is 4.10. The van der Waals surface area contributed by atoms with Crippen LogP contribution in [-0.2, 0) is 4.79 Å². The van der Waals surface area contributed by atoms with E-state index in [1.54, 1.807) is 0 Å². The van der Waals surface area contributed by atoms with Gasteiger partial charge in [0, 0.05) is 11.8 Å². The van der Waals surface area contributed by atoms with Crippen molar-refractivity contribution in [2.45, 2.75) is 6.10 Å². The van der Waals surface area contributed by atoms with Crippen LogP contribution in [-0.4, -0.2) is 28.8 Å². The Morgan fingerprint density at radius 3 is 2.33 bits per heavy atom. The number of hydrogen-bond acceptors (Lipinski definition) is 3. The van der Waals surface area contributed by atoms with E-state index in [1.807, 2.05) is 0 Å². The van der Waals surface area contributed by atoms with Crippen molar-refractivity contribution in [1.29, 1.82) is 0 Å². The summed E-state index contributed by atoms with van der Waals surface area (Å²) < 4.78 is 25.3. The van der Waals surface area contributed by atoms with Crippen LogP contribution in [0.25, 0.3) is 0 Å². The largest absolute Gasteiger partial charge is 0.479 e. The maximum atomic E-state index is 12.7. The number of benzene rings is 1. The van der Waals surface area contributed by atoms with Crippen molar-refractivity contribution < 1.29 is 23.8 Å². The van der Waals surface area contributed by atoms with Gasteiger partial charge in [0.2, 0.25) is 0 Å². The average Bonchev–Trinajstić information content (AvgIpc) is 2.12. The molecule has 15 heavy (non-hydrogen) atoms. The first kappa shape index (κ1) is 11.4. The van der Waals surface area contributed by atoms with Crippen LogP contribution in [0.3, 0.4) is 0 Å². The van der Waals surface area contributed by atoms with Gasteiger partial charge in [0.05, 0.1) is 6.54 Å². The summed E-state index contributed by atoms with van der Waals surface area (Å²) in [5.41, 5.74) is 0.0767. The molecule has 0 spiro atoms. The van der Waals surface area contributed by atoms with E-state index in [1.165, 1.54) is 0 Å². The van der Waals surface area contributed by atoms with Crippen LogP contribution < -0.4 is 5.32 Å². The van der Waals surface area contributed by atoms with Crippen molar-refractivity contribution in [3.63, 3.8) is 0 Å². The number of nitrogens with one attached hydrogen (secondary N) is 1. The van der Waals surface area contributed by atoms with Gasteiger partial charge in [-0.25, -0.2) is 13.6 Å². The molecule has 0 fully saturated rings. The van der Waals surface area contributed by atoms with E-state index in [0.717, 1.165) is 12.1 Å². The summed E-state index contributed by atoms with van der Waals surface area (Å²) in [6, 6.07) is 2.69. The standard InChI is InChI=1S/C9H9F2NO3/c10-5-1-6(11)3-7(2-5)12-4-8(13)9(14)15/h1-3,8,12-13H,4H2,(H,14,15). The van der Waals surface area contributed by atoms with Gasteiger partial charge in [-0.2, -0.15) is 0 Å². The minimum Gasteiger partial charge on any atom is -0.479 e. The molecule has 6 heteroatoms. The predicted molar refractivity (Wildman–Crippen MR) is 48.5 cm³/mol. The summed E-state index contributed by atoms with van der Waals surface area (Å²) in [6.07, 6.45) is -1.61. The summed E-state index contributed by atoms with van der Waals surface area (Å²) in [5.74, 6) is -2.95. The molecule has 3 N–H and O–H groups in total. The molecule has 0 aliphatic carbocycles. The molecular formula is C9H9F2NO3. The van der Waals surface area contributed by atoms with Crippen LogP contribution in [0.2, 0.25) is 0 Å². The average molecular weight is 217 g/mol. The zero-order chi connectivity index (χ0) is 11.4. The maximum Gasteiger partial charge on any atom is 0.334 e. The number of aliphatic hydroxyl groups excluding tert-OH is 1. The van der Waals surface area contributed by atoms with E-state index >= 15 is 0 Å².